The molecule has 0 fully saturated rings. The highest BCUT2D eigenvalue weighted by atomic mass is 16.2. The predicted octanol–water partition coefficient (Wildman–Crippen LogP) is 1.87. The van der Waals surface area contributed by atoms with E-state index in [2.05, 4.69) is 15.7 Å². The zero-order valence-electron chi connectivity index (χ0n) is 12.7. The van der Waals surface area contributed by atoms with Gasteiger partial charge in [0.15, 0.2) is 0 Å². The molecule has 112 valence electrons. The Labute approximate surface area is 125 Å². The Hall–Kier alpha value is -2.14. The first-order valence-corrected chi connectivity index (χ1v) is 7.19. The molecular formula is C16H22N4O. The van der Waals surface area contributed by atoms with Crippen molar-refractivity contribution in [1.29, 1.82) is 0 Å². The van der Waals surface area contributed by atoms with Gasteiger partial charge in [-0.25, -0.2) is 4.68 Å². The van der Waals surface area contributed by atoms with Crippen LogP contribution in [0, 0.1) is 0 Å². The van der Waals surface area contributed by atoms with Crippen molar-refractivity contribution in [2.24, 2.45) is 0 Å². The van der Waals surface area contributed by atoms with E-state index in [0.717, 1.165) is 11.3 Å². The molecule has 5 nitrogen and oxygen atoms in total. The average Bonchev–Trinajstić information content (AvgIpc) is 2.98. The zero-order valence-corrected chi connectivity index (χ0v) is 12.7. The molecule has 1 aromatic carbocycles. The van der Waals surface area contributed by atoms with Gasteiger partial charge in [-0.05, 0) is 44.5 Å². The highest BCUT2D eigenvalue weighted by molar-refractivity contribution is 5.81. The minimum atomic E-state index is -0.210. The highest BCUT2D eigenvalue weighted by Gasteiger charge is 2.12. The minimum Gasteiger partial charge on any atom is -0.353 e. The first-order valence-electron chi connectivity index (χ1n) is 7.19. The Morgan fingerprint density at radius 2 is 1.95 bits per heavy atom. The summed E-state index contributed by atoms with van der Waals surface area (Å²) >= 11 is 0. The SMILES string of the molecule is CC(C)NC(=O)C(C)NCc1ccc(-n2cccn2)cc1. The van der Waals surface area contributed by atoms with Crippen LogP contribution in [-0.4, -0.2) is 27.8 Å². The average molecular weight is 286 g/mol. The van der Waals surface area contributed by atoms with Crippen molar-refractivity contribution in [3.05, 3.63) is 48.3 Å². The lowest BCUT2D eigenvalue weighted by atomic mass is 10.2. The number of carbonyl (C=O) groups is 1. The Morgan fingerprint density at radius 3 is 2.52 bits per heavy atom. The van der Waals surface area contributed by atoms with Gasteiger partial charge in [0.05, 0.1) is 11.7 Å². The fourth-order valence-corrected chi connectivity index (χ4v) is 1.96. The van der Waals surface area contributed by atoms with Crippen molar-refractivity contribution in [1.82, 2.24) is 20.4 Å². The molecule has 5 heteroatoms. The summed E-state index contributed by atoms with van der Waals surface area (Å²) in [5, 5.41) is 10.3. The van der Waals surface area contributed by atoms with Crippen molar-refractivity contribution in [3.8, 4) is 5.69 Å². The van der Waals surface area contributed by atoms with E-state index >= 15 is 0 Å². The Kier molecular flexibility index (Phi) is 5.11. The first kappa shape index (κ1) is 15.3. The largest absolute Gasteiger partial charge is 0.353 e. The van der Waals surface area contributed by atoms with Crippen LogP contribution in [0.15, 0.2) is 42.7 Å². The second-order valence-electron chi connectivity index (χ2n) is 5.38. The number of nitrogens with one attached hydrogen (secondary N) is 2. The molecule has 0 radical (unpaired) electrons. The molecule has 1 atom stereocenters. The maximum Gasteiger partial charge on any atom is 0.237 e. The van der Waals surface area contributed by atoms with Crippen LogP contribution in [-0.2, 0) is 11.3 Å². The minimum absolute atomic E-state index is 0.0261. The van der Waals surface area contributed by atoms with Crippen LogP contribution in [0.2, 0.25) is 0 Å². The van der Waals surface area contributed by atoms with Crippen molar-refractivity contribution in [2.45, 2.75) is 39.4 Å². The lowest BCUT2D eigenvalue weighted by Gasteiger charge is -2.16. The molecule has 2 aromatic rings. The topological polar surface area (TPSA) is 59.0 Å². The summed E-state index contributed by atoms with van der Waals surface area (Å²) in [4.78, 5) is 11.8. The Morgan fingerprint density at radius 1 is 1.24 bits per heavy atom. The van der Waals surface area contributed by atoms with Gasteiger partial charge in [0.25, 0.3) is 0 Å². The van der Waals surface area contributed by atoms with E-state index in [1.807, 2.05) is 62.0 Å². The standard InChI is InChI=1S/C16H22N4O/c1-12(2)19-16(21)13(3)17-11-14-5-7-15(8-6-14)20-10-4-9-18-20/h4-10,12-13,17H,11H2,1-3H3,(H,19,21). The second-order valence-corrected chi connectivity index (χ2v) is 5.38. The van der Waals surface area contributed by atoms with Crippen LogP contribution in [0.1, 0.15) is 26.3 Å². The lowest BCUT2D eigenvalue weighted by Crippen LogP contribution is -2.44. The third-order valence-electron chi connectivity index (χ3n) is 3.14. The molecule has 0 saturated carbocycles. The highest BCUT2D eigenvalue weighted by Crippen LogP contribution is 2.08. The molecule has 0 spiro atoms. The maximum atomic E-state index is 11.8. The fourth-order valence-electron chi connectivity index (χ4n) is 1.96. The van der Waals surface area contributed by atoms with Crippen molar-refractivity contribution < 1.29 is 4.79 Å². The van der Waals surface area contributed by atoms with E-state index in [1.165, 1.54) is 0 Å². The van der Waals surface area contributed by atoms with Gasteiger partial charge >= 0.3 is 0 Å². The van der Waals surface area contributed by atoms with Crippen LogP contribution in [0.25, 0.3) is 5.69 Å². The normalized spacial score (nSPS) is 12.4. The van der Waals surface area contributed by atoms with Gasteiger partial charge in [0.2, 0.25) is 5.91 Å². The summed E-state index contributed by atoms with van der Waals surface area (Å²) in [5.41, 5.74) is 2.16. The summed E-state index contributed by atoms with van der Waals surface area (Å²) in [5.74, 6) is 0.0261. The lowest BCUT2D eigenvalue weighted by molar-refractivity contribution is -0.123. The van der Waals surface area contributed by atoms with Crippen LogP contribution in [0.3, 0.4) is 0 Å². The third kappa shape index (κ3) is 4.43. The van der Waals surface area contributed by atoms with Crippen LogP contribution >= 0.6 is 0 Å². The van der Waals surface area contributed by atoms with Gasteiger partial charge in [-0.2, -0.15) is 5.10 Å². The monoisotopic (exact) mass is 286 g/mol. The van der Waals surface area contributed by atoms with Crippen molar-refractivity contribution >= 4 is 5.91 Å². The van der Waals surface area contributed by atoms with Crippen LogP contribution in [0.4, 0.5) is 0 Å². The fraction of sp³-hybridized carbons (Fsp3) is 0.375. The predicted molar refractivity (Wildman–Crippen MR) is 83.1 cm³/mol. The van der Waals surface area contributed by atoms with Crippen molar-refractivity contribution in [3.63, 3.8) is 0 Å². The number of benzene rings is 1. The molecule has 0 saturated heterocycles. The van der Waals surface area contributed by atoms with E-state index in [0.29, 0.717) is 6.54 Å². The van der Waals surface area contributed by atoms with Gasteiger partial charge in [-0.15, -0.1) is 0 Å². The maximum absolute atomic E-state index is 11.8. The molecule has 2 N–H and O–H groups in total. The number of rotatable bonds is 6. The molecule has 21 heavy (non-hydrogen) atoms. The van der Waals surface area contributed by atoms with Crippen LogP contribution < -0.4 is 10.6 Å². The number of aromatic nitrogens is 2. The summed E-state index contributed by atoms with van der Waals surface area (Å²) in [6.45, 7) is 6.44. The number of amides is 1. The quantitative estimate of drug-likeness (QED) is 0.852. The number of nitrogens with zero attached hydrogens (tertiary/aromatic N) is 2. The van der Waals surface area contributed by atoms with Gasteiger partial charge < -0.3 is 10.6 Å². The summed E-state index contributed by atoms with van der Waals surface area (Å²) < 4.78 is 1.82. The summed E-state index contributed by atoms with van der Waals surface area (Å²) in [7, 11) is 0. The van der Waals surface area contributed by atoms with Gasteiger partial charge in [0, 0.05) is 25.0 Å². The smallest absolute Gasteiger partial charge is 0.237 e. The molecule has 1 aromatic heterocycles. The first-order chi connectivity index (χ1) is 10.1. The molecule has 0 bridgehead atoms. The van der Waals surface area contributed by atoms with E-state index in [1.54, 1.807) is 6.20 Å². The molecule has 0 aliphatic heterocycles. The molecule has 1 amide bonds. The van der Waals surface area contributed by atoms with E-state index in [-0.39, 0.29) is 18.0 Å². The molecule has 0 aliphatic rings. The number of hydrogen-bond donors (Lipinski definition) is 2. The van der Waals surface area contributed by atoms with Crippen LogP contribution in [0.5, 0.6) is 0 Å². The number of hydrogen-bond acceptors (Lipinski definition) is 3. The Balaban J connectivity index is 1.88. The summed E-state index contributed by atoms with van der Waals surface area (Å²) in [6, 6.07) is 9.96. The Bertz CT molecular complexity index is 560. The zero-order chi connectivity index (χ0) is 15.2. The number of carbonyl (C=O) groups excluding carboxylic acids is 1. The van der Waals surface area contributed by atoms with Crippen molar-refractivity contribution in [2.75, 3.05) is 0 Å². The molecule has 1 unspecified atom stereocenters. The molecule has 2 rings (SSSR count). The van der Waals surface area contributed by atoms with Gasteiger partial charge in [-0.3, -0.25) is 4.79 Å². The van der Waals surface area contributed by atoms with Gasteiger partial charge in [0.1, 0.15) is 0 Å². The molecule has 0 aliphatic carbocycles. The van der Waals surface area contributed by atoms with E-state index in [9.17, 15) is 4.79 Å². The molecular weight excluding hydrogens is 264 g/mol. The summed E-state index contributed by atoms with van der Waals surface area (Å²) in [6.07, 6.45) is 3.66. The van der Waals surface area contributed by atoms with E-state index in [4.69, 9.17) is 0 Å². The second kappa shape index (κ2) is 7.04. The van der Waals surface area contributed by atoms with Gasteiger partial charge in [-0.1, -0.05) is 12.1 Å². The third-order valence-corrected chi connectivity index (χ3v) is 3.14. The van der Waals surface area contributed by atoms with E-state index < -0.39 is 0 Å². The molecule has 1 heterocycles.